The molecule has 0 unspecified atom stereocenters. The second-order valence-electron chi connectivity index (χ2n) is 7.53. The molecule has 1 aliphatic rings. The Hall–Kier alpha value is -3.44. The van der Waals surface area contributed by atoms with Crippen molar-refractivity contribution < 1.29 is 14.0 Å². The van der Waals surface area contributed by atoms with Gasteiger partial charge in [-0.2, -0.15) is 5.26 Å². The number of fused-ring (bicyclic) bond motifs is 1. The molecule has 1 aliphatic heterocycles. The van der Waals surface area contributed by atoms with Gasteiger partial charge in [0.25, 0.3) is 5.91 Å². The van der Waals surface area contributed by atoms with Crippen molar-refractivity contribution in [2.24, 2.45) is 0 Å². The van der Waals surface area contributed by atoms with Gasteiger partial charge in [0.2, 0.25) is 5.91 Å². The summed E-state index contributed by atoms with van der Waals surface area (Å²) in [6.45, 7) is -0.423. The van der Waals surface area contributed by atoms with Crippen LogP contribution in [0.4, 0.5) is 4.39 Å². The lowest BCUT2D eigenvalue weighted by molar-refractivity contribution is -0.130. The van der Waals surface area contributed by atoms with Crippen LogP contribution in [-0.4, -0.2) is 53.3 Å². The van der Waals surface area contributed by atoms with Gasteiger partial charge in [-0.1, -0.05) is 18.2 Å². The van der Waals surface area contributed by atoms with E-state index in [2.05, 4.69) is 10.3 Å². The summed E-state index contributed by atoms with van der Waals surface area (Å²) in [5.41, 5.74) is 3.03. The number of carbonyl (C=O) groups excluding carboxylic acids is 2. The number of amides is 2. The zero-order valence-corrected chi connectivity index (χ0v) is 18.2. The van der Waals surface area contributed by atoms with Crippen LogP contribution in [0.25, 0.3) is 22.0 Å². The molecule has 0 aliphatic carbocycles. The van der Waals surface area contributed by atoms with Gasteiger partial charge in [-0.05, 0) is 47.7 Å². The maximum Gasteiger partial charge on any atom is 0.252 e. The number of carbonyl (C=O) groups is 2. The lowest BCUT2D eigenvalue weighted by Gasteiger charge is -2.19. The van der Waals surface area contributed by atoms with E-state index in [0.29, 0.717) is 16.5 Å². The highest BCUT2D eigenvalue weighted by Gasteiger charge is 2.35. The quantitative estimate of drug-likeness (QED) is 0.600. The van der Waals surface area contributed by atoms with E-state index in [1.165, 1.54) is 4.90 Å². The Morgan fingerprint density at radius 1 is 1.22 bits per heavy atom. The van der Waals surface area contributed by atoms with Crippen molar-refractivity contribution in [3.8, 4) is 17.2 Å². The van der Waals surface area contributed by atoms with Crippen molar-refractivity contribution >= 4 is 34.5 Å². The van der Waals surface area contributed by atoms with E-state index in [1.54, 1.807) is 24.0 Å². The fourth-order valence-corrected chi connectivity index (χ4v) is 4.25. The molecule has 8 heteroatoms. The van der Waals surface area contributed by atoms with Crippen LogP contribution >= 0.6 is 11.8 Å². The van der Waals surface area contributed by atoms with Gasteiger partial charge >= 0.3 is 0 Å². The molecule has 0 radical (unpaired) electrons. The van der Waals surface area contributed by atoms with Crippen LogP contribution in [0.3, 0.4) is 0 Å². The summed E-state index contributed by atoms with van der Waals surface area (Å²) in [6, 6.07) is 16.6. The van der Waals surface area contributed by atoms with Crippen LogP contribution < -0.4 is 5.32 Å². The molecule has 1 N–H and O–H groups in total. The third-order valence-electron chi connectivity index (χ3n) is 5.53. The molecule has 0 bridgehead atoms. The lowest BCUT2D eigenvalue weighted by Crippen LogP contribution is -2.42. The van der Waals surface area contributed by atoms with E-state index in [-0.39, 0.29) is 19.5 Å². The highest BCUT2D eigenvalue weighted by Crippen LogP contribution is 2.27. The average molecular weight is 449 g/mol. The van der Waals surface area contributed by atoms with E-state index in [4.69, 9.17) is 5.26 Å². The first-order chi connectivity index (χ1) is 15.5. The zero-order chi connectivity index (χ0) is 22.7. The largest absolute Gasteiger partial charge is 0.343 e. The summed E-state index contributed by atoms with van der Waals surface area (Å²) >= 11 is 1.67. The predicted octanol–water partition coefficient (Wildman–Crippen LogP) is 3.82. The van der Waals surface area contributed by atoms with Crippen molar-refractivity contribution in [2.45, 2.75) is 23.5 Å². The summed E-state index contributed by atoms with van der Waals surface area (Å²) < 4.78 is 13.6. The Morgan fingerprint density at radius 2 is 1.97 bits per heavy atom. The number of likely N-dealkylation sites (tertiary alicyclic amines) is 1. The lowest BCUT2D eigenvalue weighted by atomic mass is 10.0. The number of hydrogen-bond donors (Lipinski definition) is 1. The normalized spacial score (nSPS) is 17.8. The van der Waals surface area contributed by atoms with Crippen LogP contribution in [0.1, 0.15) is 16.8 Å². The van der Waals surface area contributed by atoms with Gasteiger partial charge in [-0.15, -0.1) is 11.8 Å². The number of nitriles is 1. The summed E-state index contributed by atoms with van der Waals surface area (Å²) in [4.78, 5) is 32.0. The van der Waals surface area contributed by atoms with Crippen molar-refractivity contribution in [1.82, 2.24) is 15.2 Å². The number of benzene rings is 2. The Bertz CT molecular complexity index is 1210. The molecule has 32 heavy (non-hydrogen) atoms. The van der Waals surface area contributed by atoms with Crippen molar-refractivity contribution in [2.75, 3.05) is 19.3 Å². The molecule has 3 aromatic rings. The molecule has 0 spiro atoms. The predicted molar refractivity (Wildman–Crippen MR) is 122 cm³/mol. The Morgan fingerprint density at radius 3 is 2.69 bits per heavy atom. The second-order valence-corrected chi connectivity index (χ2v) is 8.41. The highest BCUT2D eigenvalue weighted by molar-refractivity contribution is 7.98. The van der Waals surface area contributed by atoms with Crippen LogP contribution in [-0.2, 0) is 4.79 Å². The van der Waals surface area contributed by atoms with Crippen LogP contribution in [0.15, 0.2) is 59.6 Å². The molecule has 6 nitrogen and oxygen atoms in total. The van der Waals surface area contributed by atoms with E-state index in [0.717, 1.165) is 16.0 Å². The number of nitrogens with zero attached hydrogens (tertiary/aromatic N) is 3. The molecular weight excluding hydrogens is 427 g/mol. The highest BCUT2D eigenvalue weighted by atomic mass is 32.2. The number of aromatic nitrogens is 1. The first kappa shape index (κ1) is 21.8. The fourth-order valence-electron chi connectivity index (χ4n) is 3.84. The molecule has 2 aromatic carbocycles. The van der Waals surface area contributed by atoms with Gasteiger partial charge in [0.05, 0.1) is 30.2 Å². The maximum atomic E-state index is 13.6. The minimum atomic E-state index is -1.22. The molecule has 1 fully saturated rings. The number of halogens is 1. The van der Waals surface area contributed by atoms with Gasteiger partial charge < -0.3 is 10.2 Å². The van der Waals surface area contributed by atoms with Crippen molar-refractivity contribution in [3.63, 3.8) is 0 Å². The topological polar surface area (TPSA) is 86.1 Å². The number of thioether (sulfide) groups is 1. The van der Waals surface area contributed by atoms with Crippen LogP contribution in [0.2, 0.25) is 0 Å². The minimum Gasteiger partial charge on any atom is -0.343 e. The number of nitrogens with one attached hydrogen (secondary N) is 1. The molecule has 162 valence electrons. The smallest absolute Gasteiger partial charge is 0.252 e. The van der Waals surface area contributed by atoms with Gasteiger partial charge in [0.15, 0.2) is 0 Å². The fraction of sp³-hybridized carbons (Fsp3) is 0.250. The van der Waals surface area contributed by atoms with Gasteiger partial charge in [-0.25, -0.2) is 4.39 Å². The van der Waals surface area contributed by atoms with E-state index < -0.39 is 24.0 Å². The van der Waals surface area contributed by atoms with Crippen LogP contribution in [0, 0.1) is 11.3 Å². The summed E-state index contributed by atoms with van der Waals surface area (Å²) in [5.74, 6) is -0.900. The van der Waals surface area contributed by atoms with Crippen molar-refractivity contribution in [3.05, 3.63) is 60.3 Å². The summed E-state index contributed by atoms with van der Waals surface area (Å²) in [5, 5.41) is 12.4. The number of pyridine rings is 1. The van der Waals surface area contributed by atoms with E-state index >= 15 is 0 Å². The maximum absolute atomic E-state index is 13.6. The first-order valence-electron chi connectivity index (χ1n) is 10.1. The molecule has 2 atom stereocenters. The minimum absolute atomic E-state index is 0.00583. The Labute approximate surface area is 189 Å². The van der Waals surface area contributed by atoms with Gasteiger partial charge in [0.1, 0.15) is 12.2 Å². The van der Waals surface area contributed by atoms with E-state index in [1.807, 2.05) is 54.8 Å². The molecule has 1 saturated heterocycles. The third-order valence-corrected chi connectivity index (χ3v) is 6.27. The van der Waals surface area contributed by atoms with Crippen LogP contribution in [0.5, 0.6) is 0 Å². The van der Waals surface area contributed by atoms with E-state index in [9.17, 15) is 14.0 Å². The summed E-state index contributed by atoms with van der Waals surface area (Å²) in [6.07, 6.45) is 2.36. The molecular formula is C24H21FN4O2S. The number of rotatable bonds is 5. The van der Waals surface area contributed by atoms with Gasteiger partial charge in [-0.3, -0.25) is 14.6 Å². The first-order valence-corrected chi connectivity index (χ1v) is 11.4. The standard InChI is InChI=1S/C24H21FN4O2S/c1-32-19-5-2-15(3-6-19)16-4-7-22-21(10-16)20(8-9-27-22)24(31)28-13-23(30)29-14-17(25)11-18(29)12-26/h2-10,17-18H,11,13-14H2,1H3,(H,28,31)/t17-,18-/m0/s1. The van der Waals surface area contributed by atoms with Crippen molar-refractivity contribution in [1.29, 1.82) is 5.26 Å². The molecule has 2 heterocycles. The summed E-state index contributed by atoms with van der Waals surface area (Å²) in [7, 11) is 0. The number of hydrogen-bond acceptors (Lipinski definition) is 5. The monoisotopic (exact) mass is 448 g/mol. The number of alkyl halides is 1. The molecule has 4 rings (SSSR count). The molecule has 0 saturated carbocycles. The molecule has 1 aromatic heterocycles. The SMILES string of the molecule is CSc1ccc(-c2ccc3nccc(C(=O)NCC(=O)N4C[C@@H](F)C[C@H]4C#N)c3c2)cc1. The average Bonchev–Trinajstić information content (AvgIpc) is 3.22. The Kier molecular flexibility index (Phi) is 6.37. The Balaban J connectivity index is 1.54. The van der Waals surface area contributed by atoms with Gasteiger partial charge in [0, 0.05) is 22.9 Å². The third kappa shape index (κ3) is 4.43. The second kappa shape index (κ2) is 9.37. The molecule has 2 amide bonds. The zero-order valence-electron chi connectivity index (χ0n) is 17.4.